The fourth-order valence-corrected chi connectivity index (χ4v) is 3.44. The largest absolute Gasteiger partial charge is 0.379 e. The van der Waals surface area contributed by atoms with Gasteiger partial charge in [-0.1, -0.05) is 6.07 Å². The monoisotopic (exact) mass is 376 g/mol. The van der Waals surface area contributed by atoms with Crippen LogP contribution in [0.25, 0.3) is 0 Å². The molecule has 0 radical (unpaired) electrons. The number of thiazole rings is 1. The van der Waals surface area contributed by atoms with Crippen LogP contribution in [0.1, 0.15) is 17.7 Å². The zero-order valence-corrected chi connectivity index (χ0v) is 15.7. The third-order valence-electron chi connectivity index (χ3n) is 4.17. The van der Waals surface area contributed by atoms with Gasteiger partial charge in [0.1, 0.15) is 6.10 Å². The molecule has 0 aliphatic carbocycles. The van der Waals surface area contributed by atoms with E-state index in [0.29, 0.717) is 32.9 Å². The summed E-state index contributed by atoms with van der Waals surface area (Å²) in [5.74, 6) is -0.00875. The van der Waals surface area contributed by atoms with Crippen LogP contribution in [-0.4, -0.2) is 59.7 Å². The van der Waals surface area contributed by atoms with Gasteiger partial charge in [0.15, 0.2) is 0 Å². The van der Waals surface area contributed by atoms with Crippen molar-refractivity contribution in [3.63, 3.8) is 0 Å². The van der Waals surface area contributed by atoms with Crippen molar-refractivity contribution in [3.8, 4) is 0 Å². The van der Waals surface area contributed by atoms with E-state index in [2.05, 4.69) is 15.3 Å². The van der Waals surface area contributed by atoms with Gasteiger partial charge in [0.05, 0.1) is 37.0 Å². The molecule has 3 rings (SSSR count). The van der Waals surface area contributed by atoms with Gasteiger partial charge in [-0.2, -0.15) is 0 Å². The average Bonchev–Trinajstić information content (AvgIpc) is 3.15. The van der Waals surface area contributed by atoms with Crippen LogP contribution in [-0.2, 0) is 27.4 Å². The van der Waals surface area contributed by atoms with E-state index in [0.717, 1.165) is 17.7 Å². The molecule has 0 bridgehead atoms. The van der Waals surface area contributed by atoms with Gasteiger partial charge in [0.2, 0.25) is 5.91 Å². The quantitative estimate of drug-likeness (QED) is 0.752. The molecule has 7 nitrogen and oxygen atoms in total. The molecule has 26 heavy (non-hydrogen) atoms. The number of pyridine rings is 1. The van der Waals surface area contributed by atoms with Gasteiger partial charge in [-0.3, -0.25) is 14.7 Å². The molecule has 3 heterocycles. The fraction of sp³-hybridized carbons (Fsp3) is 0.500. The van der Waals surface area contributed by atoms with Crippen molar-refractivity contribution >= 4 is 17.2 Å². The van der Waals surface area contributed by atoms with Crippen molar-refractivity contribution in [2.75, 3.05) is 26.8 Å². The maximum Gasteiger partial charge on any atom is 0.234 e. The number of ether oxygens (including phenoxy) is 2. The molecule has 1 amide bonds. The number of likely N-dealkylation sites (N-methyl/N-ethyl adjacent to an activating group) is 1. The molecule has 0 spiro atoms. The minimum Gasteiger partial charge on any atom is -0.379 e. The van der Waals surface area contributed by atoms with Crippen LogP contribution in [0.15, 0.2) is 35.4 Å². The van der Waals surface area contributed by atoms with Gasteiger partial charge in [0.25, 0.3) is 0 Å². The van der Waals surface area contributed by atoms with E-state index in [1.165, 1.54) is 0 Å². The maximum atomic E-state index is 12.4. The van der Waals surface area contributed by atoms with E-state index in [9.17, 15) is 4.79 Å². The minimum absolute atomic E-state index is 0.00875. The number of nitrogens with zero attached hydrogens (tertiary/aromatic N) is 3. The molecule has 2 atom stereocenters. The number of amides is 1. The zero-order valence-electron chi connectivity index (χ0n) is 14.8. The summed E-state index contributed by atoms with van der Waals surface area (Å²) in [6.45, 7) is 2.56. The molecule has 8 heteroatoms. The summed E-state index contributed by atoms with van der Waals surface area (Å²) >= 11 is 1.54. The Morgan fingerprint density at radius 2 is 2.46 bits per heavy atom. The molecular formula is C18H24N4O3S. The lowest BCUT2D eigenvalue weighted by Gasteiger charge is -2.32. The van der Waals surface area contributed by atoms with Gasteiger partial charge in [-0.15, -0.1) is 11.3 Å². The molecule has 1 aliphatic heterocycles. The third kappa shape index (κ3) is 5.84. The SMILES string of the molecule is CN(CC(=O)N[C@@H]1CCOC[C@H]1OCc1cscn1)Cc1cccnc1. The van der Waals surface area contributed by atoms with Crippen molar-refractivity contribution in [1.29, 1.82) is 0 Å². The molecule has 1 saturated heterocycles. The Balaban J connectivity index is 1.46. The van der Waals surface area contributed by atoms with Gasteiger partial charge in [0, 0.05) is 30.9 Å². The number of hydrogen-bond donors (Lipinski definition) is 1. The van der Waals surface area contributed by atoms with E-state index >= 15 is 0 Å². The van der Waals surface area contributed by atoms with Crippen molar-refractivity contribution in [2.45, 2.75) is 31.7 Å². The Labute approximate surface area is 157 Å². The number of hydrogen-bond acceptors (Lipinski definition) is 7. The van der Waals surface area contributed by atoms with Crippen LogP contribution in [0.4, 0.5) is 0 Å². The minimum atomic E-state index is -0.155. The fourth-order valence-electron chi connectivity index (χ4n) is 2.90. The molecule has 1 N–H and O–H groups in total. The van der Waals surface area contributed by atoms with Gasteiger partial charge in [-0.25, -0.2) is 4.98 Å². The highest BCUT2D eigenvalue weighted by molar-refractivity contribution is 7.07. The Morgan fingerprint density at radius 3 is 3.23 bits per heavy atom. The Bertz CT molecular complexity index is 668. The highest BCUT2D eigenvalue weighted by Crippen LogP contribution is 2.14. The van der Waals surface area contributed by atoms with Crippen LogP contribution in [0.3, 0.4) is 0 Å². The first-order valence-electron chi connectivity index (χ1n) is 8.64. The number of nitrogens with one attached hydrogen (secondary N) is 1. The Morgan fingerprint density at radius 1 is 1.54 bits per heavy atom. The lowest BCUT2D eigenvalue weighted by atomic mass is 10.1. The molecule has 140 valence electrons. The second-order valence-electron chi connectivity index (χ2n) is 6.40. The van der Waals surface area contributed by atoms with E-state index < -0.39 is 0 Å². The molecule has 2 aromatic rings. The molecule has 0 unspecified atom stereocenters. The molecule has 1 fully saturated rings. The van der Waals surface area contributed by atoms with Crippen LogP contribution < -0.4 is 5.32 Å². The highest BCUT2D eigenvalue weighted by Gasteiger charge is 2.28. The zero-order chi connectivity index (χ0) is 18.2. The number of carbonyl (C=O) groups excluding carboxylic acids is 1. The summed E-state index contributed by atoms with van der Waals surface area (Å²) in [7, 11) is 1.92. The third-order valence-corrected chi connectivity index (χ3v) is 4.80. The number of carbonyl (C=O) groups is 1. The first-order chi connectivity index (χ1) is 12.7. The van der Waals surface area contributed by atoms with E-state index in [1.54, 1.807) is 23.0 Å². The van der Waals surface area contributed by atoms with Gasteiger partial charge >= 0.3 is 0 Å². The van der Waals surface area contributed by atoms with E-state index in [1.807, 2.05) is 35.7 Å². The average molecular weight is 376 g/mol. The normalized spacial score (nSPS) is 20.2. The van der Waals surface area contributed by atoms with Crippen LogP contribution in [0.5, 0.6) is 0 Å². The van der Waals surface area contributed by atoms with Gasteiger partial charge < -0.3 is 14.8 Å². The lowest BCUT2D eigenvalue weighted by molar-refractivity contribution is -0.127. The Hall–Kier alpha value is -1.87. The van der Waals surface area contributed by atoms with Crippen LogP contribution in [0.2, 0.25) is 0 Å². The summed E-state index contributed by atoms with van der Waals surface area (Å²) in [5.41, 5.74) is 3.77. The Kier molecular flexibility index (Phi) is 7.07. The predicted octanol–water partition coefficient (Wildman–Crippen LogP) is 1.46. The standard InChI is InChI=1S/C18H24N4O3S/c1-22(8-14-3-2-5-19-7-14)9-18(23)21-16-4-6-24-11-17(16)25-10-15-12-26-13-20-15/h2-3,5,7,12-13,16-17H,4,6,8-11H2,1H3,(H,21,23)/t16-,17-/m1/s1. The molecule has 1 aliphatic rings. The van der Waals surface area contributed by atoms with Gasteiger partial charge in [-0.05, 0) is 25.1 Å². The topological polar surface area (TPSA) is 76.6 Å². The summed E-state index contributed by atoms with van der Waals surface area (Å²) in [6, 6.07) is 3.86. The summed E-state index contributed by atoms with van der Waals surface area (Å²) in [6.07, 6.45) is 4.15. The van der Waals surface area contributed by atoms with Crippen molar-refractivity contribution in [2.24, 2.45) is 0 Å². The van der Waals surface area contributed by atoms with Crippen molar-refractivity contribution in [1.82, 2.24) is 20.2 Å². The second kappa shape index (κ2) is 9.72. The molecule has 0 aromatic carbocycles. The smallest absolute Gasteiger partial charge is 0.234 e. The molecular weight excluding hydrogens is 352 g/mol. The summed E-state index contributed by atoms with van der Waals surface area (Å²) in [5, 5.41) is 5.06. The van der Waals surface area contributed by atoms with Crippen molar-refractivity contribution < 1.29 is 14.3 Å². The molecule has 2 aromatic heterocycles. The highest BCUT2D eigenvalue weighted by atomic mass is 32.1. The number of aromatic nitrogens is 2. The van der Waals surface area contributed by atoms with E-state index in [-0.39, 0.29) is 18.1 Å². The predicted molar refractivity (Wildman–Crippen MR) is 98.6 cm³/mol. The van der Waals surface area contributed by atoms with Crippen LogP contribution in [0, 0.1) is 0 Å². The first kappa shape index (κ1) is 18.9. The summed E-state index contributed by atoms with van der Waals surface area (Å²) < 4.78 is 11.4. The lowest BCUT2D eigenvalue weighted by Crippen LogP contribution is -2.51. The molecule has 0 saturated carbocycles. The summed E-state index contributed by atoms with van der Waals surface area (Å²) in [4.78, 5) is 22.7. The maximum absolute atomic E-state index is 12.4. The van der Waals surface area contributed by atoms with E-state index in [4.69, 9.17) is 9.47 Å². The first-order valence-corrected chi connectivity index (χ1v) is 9.58. The van der Waals surface area contributed by atoms with Crippen LogP contribution >= 0.6 is 11.3 Å². The number of rotatable bonds is 8. The van der Waals surface area contributed by atoms with Crippen molar-refractivity contribution in [3.05, 3.63) is 46.7 Å². The second-order valence-corrected chi connectivity index (χ2v) is 7.12.